The van der Waals surface area contributed by atoms with Crippen LogP contribution in [0.3, 0.4) is 0 Å². The Labute approximate surface area is 90.7 Å². The molecular weight excluding hydrogens is 184 g/mol. The molecule has 0 bridgehead atoms. The Morgan fingerprint density at radius 1 is 1.40 bits per heavy atom. The van der Waals surface area contributed by atoms with E-state index in [-0.39, 0.29) is 0 Å². The van der Waals surface area contributed by atoms with E-state index in [0.717, 1.165) is 13.0 Å². The lowest BCUT2D eigenvalue weighted by molar-refractivity contribution is 0.645. The van der Waals surface area contributed by atoms with Crippen LogP contribution in [0.1, 0.15) is 30.5 Å². The summed E-state index contributed by atoms with van der Waals surface area (Å²) in [5.41, 5.74) is 9.80. The van der Waals surface area contributed by atoms with E-state index < -0.39 is 0 Å². The van der Waals surface area contributed by atoms with Crippen LogP contribution in [0.5, 0.6) is 0 Å². The number of fused-ring (bicyclic) bond motifs is 1. The number of aryl methyl sites for hydroxylation is 1. The molecule has 1 unspecified atom stereocenters. The van der Waals surface area contributed by atoms with E-state index >= 15 is 0 Å². The maximum absolute atomic E-state index is 5.82. The standard InChI is InChI=1S/C13H18N2/c1-3-11(9-14)13-10(2)8-12-6-4-5-7-15(12)13/h4-8,11H,3,9,14H2,1-2H3. The summed E-state index contributed by atoms with van der Waals surface area (Å²) >= 11 is 0. The molecule has 2 aromatic rings. The minimum absolute atomic E-state index is 0.467. The Morgan fingerprint density at radius 2 is 2.20 bits per heavy atom. The number of hydrogen-bond acceptors (Lipinski definition) is 1. The van der Waals surface area contributed by atoms with E-state index in [9.17, 15) is 0 Å². The highest BCUT2D eigenvalue weighted by Gasteiger charge is 2.14. The number of nitrogens with two attached hydrogens (primary N) is 1. The summed E-state index contributed by atoms with van der Waals surface area (Å²) in [6.45, 7) is 5.08. The van der Waals surface area contributed by atoms with Gasteiger partial charge in [-0.1, -0.05) is 13.0 Å². The minimum atomic E-state index is 0.467. The predicted octanol–water partition coefficient (Wildman–Crippen LogP) is 2.70. The molecule has 2 N–H and O–H groups in total. The van der Waals surface area contributed by atoms with E-state index in [1.165, 1.54) is 16.8 Å². The molecule has 0 aliphatic carbocycles. The minimum Gasteiger partial charge on any atom is -0.330 e. The Morgan fingerprint density at radius 3 is 2.87 bits per heavy atom. The van der Waals surface area contributed by atoms with E-state index in [0.29, 0.717) is 5.92 Å². The van der Waals surface area contributed by atoms with Gasteiger partial charge in [0.05, 0.1) is 0 Å². The number of pyridine rings is 1. The van der Waals surface area contributed by atoms with Gasteiger partial charge in [-0.3, -0.25) is 0 Å². The van der Waals surface area contributed by atoms with Gasteiger partial charge in [0.25, 0.3) is 0 Å². The fourth-order valence-electron chi connectivity index (χ4n) is 2.27. The van der Waals surface area contributed by atoms with Gasteiger partial charge in [0.2, 0.25) is 0 Å². The quantitative estimate of drug-likeness (QED) is 0.815. The van der Waals surface area contributed by atoms with Gasteiger partial charge in [-0.25, -0.2) is 0 Å². The van der Waals surface area contributed by atoms with Crippen molar-refractivity contribution < 1.29 is 0 Å². The normalized spacial score (nSPS) is 13.3. The van der Waals surface area contributed by atoms with Gasteiger partial charge in [0, 0.05) is 29.9 Å². The number of rotatable bonds is 3. The van der Waals surface area contributed by atoms with Gasteiger partial charge in [0.1, 0.15) is 0 Å². The number of aromatic nitrogens is 1. The molecule has 0 aliphatic heterocycles. The first-order valence-electron chi connectivity index (χ1n) is 5.54. The molecular formula is C13H18N2. The van der Waals surface area contributed by atoms with E-state index in [4.69, 9.17) is 5.73 Å². The fraction of sp³-hybridized carbons (Fsp3) is 0.385. The second kappa shape index (κ2) is 4.07. The van der Waals surface area contributed by atoms with Crippen LogP contribution >= 0.6 is 0 Å². The molecule has 0 fully saturated rings. The summed E-state index contributed by atoms with van der Waals surface area (Å²) in [5, 5.41) is 0. The summed E-state index contributed by atoms with van der Waals surface area (Å²) in [4.78, 5) is 0. The molecule has 2 heteroatoms. The summed E-state index contributed by atoms with van der Waals surface area (Å²) in [6.07, 6.45) is 3.22. The van der Waals surface area contributed by atoms with Gasteiger partial charge in [-0.2, -0.15) is 0 Å². The molecule has 2 nitrogen and oxygen atoms in total. The van der Waals surface area contributed by atoms with Crippen molar-refractivity contribution in [3.63, 3.8) is 0 Å². The zero-order valence-corrected chi connectivity index (χ0v) is 9.40. The zero-order chi connectivity index (χ0) is 10.8. The van der Waals surface area contributed by atoms with Gasteiger partial charge in [-0.05, 0) is 37.1 Å². The topological polar surface area (TPSA) is 30.4 Å². The molecule has 80 valence electrons. The van der Waals surface area contributed by atoms with Gasteiger partial charge in [-0.15, -0.1) is 0 Å². The molecule has 0 saturated heterocycles. The van der Waals surface area contributed by atoms with Crippen LogP contribution in [0.25, 0.3) is 5.52 Å². The molecule has 0 amide bonds. The van der Waals surface area contributed by atoms with E-state index in [1.54, 1.807) is 0 Å². The molecule has 0 radical (unpaired) electrons. The van der Waals surface area contributed by atoms with Crippen LogP contribution in [0.15, 0.2) is 30.5 Å². The smallest absolute Gasteiger partial charge is 0.0455 e. The molecule has 2 rings (SSSR count). The summed E-state index contributed by atoms with van der Waals surface area (Å²) in [7, 11) is 0. The first kappa shape index (κ1) is 10.2. The van der Waals surface area contributed by atoms with Gasteiger partial charge < -0.3 is 10.1 Å². The van der Waals surface area contributed by atoms with Crippen LogP contribution in [0, 0.1) is 6.92 Å². The summed E-state index contributed by atoms with van der Waals surface area (Å²) in [5.74, 6) is 0.467. The average molecular weight is 202 g/mol. The predicted molar refractivity (Wildman–Crippen MR) is 64.2 cm³/mol. The third kappa shape index (κ3) is 1.65. The monoisotopic (exact) mass is 202 g/mol. The molecule has 0 aliphatic rings. The third-order valence-corrected chi connectivity index (χ3v) is 3.08. The molecule has 2 aromatic heterocycles. The van der Waals surface area contributed by atoms with Crippen LogP contribution in [-0.4, -0.2) is 10.9 Å². The molecule has 0 saturated carbocycles. The SMILES string of the molecule is CCC(CN)c1c(C)cc2ccccn12. The Kier molecular flexibility index (Phi) is 2.78. The summed E-state index contributed by atoms with van der Waals surface area (Å²) < 4.78 is 2.26. The van der Waals surface area contributed by atoms with Crippen LogP contribution in [0.2, 0.25) is 0 Å². The van der Waals surface area contributed by atoms with Crippen molar-refractivity contribution >= 4 is 5.52 Å². The lowest BCUT2D eigenvalue weighted by atomic mass is 10.00. The number of hydrogen-bond donors (Lipinski definition) is 1. The highest BCUT2D eigenvalue weighted by molar-refractivity contribution is 5.53. The maximum Gasteiger partial charge on any atom is 0.0455 e. The average Bonchev–Trinajstić information content (AvgIpc) is 2.58. The van der Waals surface area contributed by atoms with Crippen molar-refractivity contribution in [2.75, 3.05) is 6.54 Å². The van der Waals surface area contributed by atoms with Crippen LogP contribution in [-0.2, 0) is 0 Å². The lowest BCUT2D eigenvalue weighted by Crippen LogP contribution is -2.14. The van der Waals surface area contributed by atoms with Crippen LogP contribution in [0.4, 0.5) is 0 Å². The molecule has 15 heavy (non-hydrogen) atoms. The Bertz CT molecular complexity index is 453. The molecule has 0 spiro atoms. The highest BCUT2D eigenvalue weighted by Crippen LogP contribution is 2.25. The molecule has 1 atom stereocenters. The van der Waals surface area contributed by atoms with Crippen molar-refractivity contribution in [3.8, 4) is 0 Å². The molecule has 2 heterocycles. The summed E-state index contributed by atoms with van der Waals surface area (Å²) in [6, 6.07) is 8.51. The van der Waals surface area contributed by atoms with Crippen molar-refractivity contribution in [1.82, 2.24) is 4.40 Å². The second-order valence-electron chi connectivity index (χ2n) is 4.05. The lowest BCUT2D eigenvalue weighted by Gasteiger charge is -2.14. The van der Waals surface area contributed by atoms with Crippen LogP contribution < -0.4 is 5.73 Å². The van der Waals surface area contributed by atoms with E-state index in [1.807, 2.05) is 0 Å². The Balaban J connectivity index is 2.62. The second-order valence-corrected chi connectivity index (χ2v) is 4.05. The third-order valence-electron chi connectivity index (χ3n) is 3.08. The Hall–Kier alpha value is -1.28. The van der Waals surface area contributed by atoms with Gasteiger partial charge in [0.15, 0.2) is 0 Å². The van der Waals surface area contributed by atoms with E-state index in [2.05, 4.69) is 48.7 Å². The van der Waals surface area contributed by atoms with Crippen molar-refractivity contribution in [2.24, 2.45) is 5.73 Å². The van der Waals surface area contributed by atoms with Crippen molar-refractivity contribution in [1.29, 1.82) is 0 Å². The largest absolute Gasteiger partial charge is 0.330 e. The molecule has 0 aromatic carbocycles. The first-order chi connectivity index (χ1) is 7.27. The number of nitrogens with zero attached hydrogens (tertiary/aromatic N) is 1. The first-order valence-corrected chi connectivity index (χ1v) is 5.54. The fourth-order valence-corrected chi connectivity index (χ4v) is 2.27. The zero-order valence-electron chi connectivity index (χ0n) is 9.40. The van der Waals surface area contributed by atoms with Gasteiger partial charge >= 0.3 is 0 Å². The highest BCUT2D eigenvalue weighted by atomic mass is 14.9. The van der Waals surface area contributed by atoms with Crippen molar-refractivity contribution in [2.45, 2.75) is 26.2 Å². The maximum atomic E-state index is 5.82. The van der Waals surface area contributed by atoms with Crippen molar-refractivity contribution in [3.05, 3.63) is 41.7 Å².